The Kier molecular flexibility index (Phi) is 6.20. The van der Waals surface area contributed by atoms with Crippen LogP contribution in [-0.4, -0.2) is 23.1 Å². The third-order valence-electron chi connectivity index (χ3n) is 3.16. The van der Waals surface area contributed by atoms with E-state index in [0.717, 1.165) is 0 Å². The number of hydrogen-bond acceptors (Lipinski definition) is 4. The number of hydrogen-bond donors (Lipinski definition) is 2. The Hall–Kier alpha value is -2.08. The van der Waals surface area contributed by atoms with Crippen LogP contribution >= 0.6 is 23.2 Å². The summed E-state index contributed by atoms with van der Waals surface area (Å²) in [7, 11) is 0. The van der Waals surface area contributed by atoms with Gasteiger partial charge in [0.25, 0.3) is 5.91 Å². The normalized spacial score (nSPS) is 11.7. The van der Waals surface area contributed by atoms with E-state index < -0.39 is 18.0 Å². The Labute approximate surface area is 149 Å². The lowest BCUT2D eigenvalue weighted by atomic mass is 10.1. The van der Waals surface area contributed by atoms with E-state index in [4.69, 9.17) is 33.0 Å². The lowest BCUT2D eigenvalue weighted by molar-refractivity contribution is -0.123. The standard InChI is InChI=1S/C17H15Cl2NO4/c1-10(16(22)20-15-7-13(18)6-14(19)8-15)24-17(23)12-4-2-11(9-21)3-5-12/h2-8,10,21H,9H2,1H3,(H,20,22)/t10-/m1/s1. The second-order valence-electron chi connectivity index (χ2n) is 5.05. The number of amides is 1. The van der Waals surface area contributed by atoms with Gasteiger partial charge in [-0.1, -0.05) is 35.3 Å². The van der Waals surface area contributed by atoms with E-state index in [2.05, 4.69) is 5.32 Å². The van der Waals surface area contributed by atoms with Crippen molar-refractivity contribution in [2.75, 3.05) is 5.32 Å². The molecule has 0 heterocycles. The highest BCUT2D eigenvalue weighted by Gasteiger charge is 2.19. The van der Waals surface area contributed by atoms with E-state index in [1.165, 1.54) is 37.3 Å². The lowest BCUT2D eigenvalue weighted by Crippen LogP contribution is -2.30. The Bertz CT molecular complexity index is 727. The van der Waals surface area contributed by atoms with Gasteiger partial charge in [-0.25, -0.2) is 4.79 Å². The molecule has 0 aromatic heterocycles. The first-order valence-corrected chi connectivity index (χ1v) is 7.82. The Morgan fingerprint density at radius 3 is 2.25 bits per heavy atom. The molecule has 0 saturated carbocycles. The average molecular weight is 368 g/mol. The smallest absolute Gasteiger partial charge is 0.338 e. The van der Waals surface area contributed by atoms with Crippen LogP contribution in [0.1, 0.15) is 22.8 Å². The molecular weight excluding hydrogens is 353 g/mol. The van der Waals surface area contributed by atoms with E-state index in [-0.39, 0.29) is 12.2 Å². The number of carbonyl (C=O) groups is 2. The van der Waals surface area contributed by atoms with Gasteiger partial charge in [0.2, 0.25) is 0 Å². The van der Waals surface area contributed by atoms with Gasteiger partial charge in [0.15, 0.2) is 6.10 Å². The molecule has 0 unspecified atom stereocenters. The van der Waals surface area contributed by atoms with Crippen LogP contribution < -0.4 is 5.32 Å². The fraction of sp³-hybridized carbons (Fsp3) is 0.176. The monoisotopic (exact) mass is 367 g/mol. The topological polar surface area (TPSA) is 75.6 Å². The van der Waals surface area contributed by atoms with Crippen LogP contribution in [0.2, 0.25) is 10.0 Å². The summed E-state index contributed by atoms with van der Waals surface area (Å²) in [5.41, 5.74) is 1.38. The molecule has 1 atom stereocenters. The summed E-state index contributed by atoms with van der Waals surface area (Å²) in [6.07, 6.45) is -1.01. The van der Waals surface area contributed by atoms with Gasteiger partial charge in [0, 0.05) is 15.7 Å². The summed E-state index contributed by atoms with van der Waals surface area (Å²) in [4.78, 5) is 24.1. The van der Waals surface area contributed by atoms with E-state index in [0.29, 0.717) is 21.3 Å². The van der Waals surface area contributed by atoms with Crippen molar-refractivity contribution < 1.29 is 19.4 Å². The minimum absolute atomic E-state index is 0.115. The fourth-order valence-electron chi connectivity index (χ4n) is 1.90. The molecule has 0 saturated heterocycles. The molecule has 1 amide bonds. The summed E-state index contributed by atoms with van der Waals surface area (Å²) in [5, 5.41) is 12.3. The quantitative estimate of drug-likeness (QED) is 0.790. The van der Waals surface area contributed by atoms with Gasteiger partial charge in [0.05, 0.1) is 12.2 Å². The highest BCUT2D eigenvalue weighted by atomic mass is 35.5. The van der Waals surface area contributed by atoms with Crippen molar-refractivity contribution >= 4 is 40.8 Å². The Morgan fingerprint density at radius 1 is 1.12 bits per heavy atom. The van der Waals surface area contributed by atoms with Crippen molar-refractivity contribution in [1.82, 2.24) is 0 Å². The molecule has 2 aromatic rings. The number of rotatable bonds is 5. The first-order chi connectivity index (χ1) is 11.4. The molecule has 2 rings (SSSR count). The van der Waals surface area contributed by atoms with Gasteiger partial charge in [0.1, 0.15) is 0 Å². The predicted molar refractivity (Wildman–Crippen MR) is 92.3 cm³/mol. The number of aliphatic hydroxyl groups is 1. The maximum absolute atomic E-state index is 12.1. The molecule has 2 aromatic carbocycles. The largest absolute Gasteiger partial charge is 0.449 e. The third-order valence-corrected chi connectivity index (χ3v) is 3.59. The van der Waals surface area contributed by atoms with Crippen molar-refractivity contribution in [3.8, 4) is 0 Å². The number of anilines is 1. The minimum Gasteiger partial charge on any atom is -0.449 e. The molecular formula is C17H15Cl2NO4. The van der Waals surface area contributed by atoms with Crippen LogP contribution in [0.5, 0.6) is 0 Å². The number of carbonyl (C=O) groups excluding carboxylic acids is 2. The molecule has 0 aliphatic carbocycles. The fourth-order valence-corrected chi connectivity index (χ4v) is 2.42. The molecule has 5 nitrogen and oxygen atoms in total. The van der Waals surface area contributed by atoms with Crippen molar-refractivity contribution in [3.05, 3.63) is 63.6 Å². The second-order valence-corrected chi connectivity index (χ2v) is 5.92. The van der Waals surface area contributed by atoms with Crippen molar-refractivity contribution in [2.45, 2.75) is 19.6 Å². The zero-order valence-corrected chi connectivity index (χ0v) is 14.3. The highest BCUT2D eigenvalue weighted by Crippen LogP contribution is 2.22. The Morgan fingerprint density at radius 2 is 1.71 bits per heavy atom. The maximum Gasteiger partial charge on any atom is 0.338 e. The van der Waals surface area contributed by atoms with Crippen molar-refractivity contribution in [1.29, 1.82) is 0 Å². The highest BCUT2D eigenvalue weighted by molar-refractivity contribution is 6.35. The molecule has 0 aliphatic rings. The third kappa shape index (κ3) is 4.96. The predicted octanol–water partition coefficient (Wildman–Crippen LogP) is 3.67. The van der Waals surface area contributed by atoms with Crippen LogP contribution in [0, 0.1) is 0 Å². The van der Waals surface area contributed by atoms with Crippen LogP contribution in [0.15, 0.2) is 42.5 Å². The summed E-state index contributed by atoms with van der Waals surface area (Å²) >= 11 is 11.7. The van der Waals surface area contributed by atoms with Gasteiger partial charge >= 0.3 is 5.97 Å². The summed E-state index contributed by atoms with van der Waals surface area (Å²) in [6.45, 7) is 1.35. The van der Waals surface area contributed by atoms with Gasteiger partial charge in [-0.05, 0) is 42.8 Å². The number of nitrogens with one attached hydrogen (secondary N) is 1. The molecule has 126 valence electrons. The second kappa shape index (κ2) is 8.15. The van der Waals surface area contributed by atoms with Gasteiger partial charge in [-0.15, -0.1) is 0 Å². The molecule has 0 radical (unpaired) electrons. The molecule has 7 heteroatoms. The summed E-state index contributed by atoms with van der Waals surface area (Å²) in [6, 6.07) is 10.9. The van der Waals surface area contributed by atoms with Gasteiger partial charge in [-0.2, -0.15) is 0 Å². The zero-order chi connectivity index (χ0) is 17.7. The molecule has 0 aliphatic heterocycles. The number of benzene rings is 2. The molecule has 0 spiro atoms. The van der Waals surface area contributed by atoms with Crippen LogP contribution in [0.3, 0.4) is 0 Å². The SMILES string of the molecule is C[C@@H](OC(=O)c1ccc(CO)cc1)C(=O)Nc1cc(Cl)cc(Cl)c1. The van der Waals surface area contributed by atoms with Crippen LogP contribution in [0.4, 0.5) is 5.69 Å². The van der Waals surface area contributed by atoms with Crippen LogP contribution in [-0.2, 0) is 16.1 Å². The Balaban J connectivity index is 1.98. The van der Waals surface area contributed by atoms with E-state index >= 15 is 0 Å². The number of ether oxygens (including phenoxy) is 1. The molecule has 0 bridgehead atoms. The van der Waals surface area contributed by atoms with Crippen LogP contribution in [0.25, 0.3) is 0 Å². The molecule has 0 fully saturated rings. The summed E-state index contributed by atoms with van der Waals surface area (Å²) in [5.74, 6) is -1.14. The lowest BCUT2D eigenvalue weighted by Gasteiger charge is -2.14. The van der Waals surface area contributed by atoms with Crippen molar-refractivity contribution in [2.24, 2.45) is 0 Å². The van der Waals surface area contributed by atoms with E-state index in [1.54, 1.807) is 12.1 Å². The summed E-state index contributed by atoms with van der Waals surface area (Å²) < 4.78 is 5.12. The van der Waals surface area contributed by atoms with Gasteiger partial charge in [-0.3, -0.25) is 4.79 Å². The zero-order valence-electron chi connectivity index (χ0n) is 12.8. The average Bonchev–Trinajstić information content (AvgIpc) is 2.53. The van der Waals surface area contributed by atoms with E-state index in [9.17, 15) is 9.59 Å². The number of aliphatic hydroxyl groups excluding tert-OH is 1. The molecule has 2 N–H and O–H groups in total. The number of halogens is 2. The number of esters is 1. The molecule has 24 heavy (non-hydrogen) atoms. The van der Waals surface area contributed by atoms with E-state index in [1.807, 2.05) is 0 Å². The minimum atomic E-state index is -1.01. The van der Waals surface area contributed by atoms with Gasteiger partial charge < -0.3 is 15.2 Å². The van der Waals surface area contributed by atoms with Crippen molar-refractivity contribution in [3.63, 3.8) is 0 Å². The maximum atomic E-state index is 12.1. The first kappa shape index (κ1) is 18.3. The first-order valence-electron chi connectivity index (χ1n) is 7.07.